The van der Waals surface area contributed by atoms with E-state index in [9.17, 15) is 14.9 Å². The smallest absolute Gasteiger partial charge is 0.338 e. The van der Waals surface area contributed by atoms with E-state index in [4.69, 9.17) is 25.6 Å². The lowest BCUT2D eigenvalue weighted by atomic mass is 10.1. The Morgan fingerprint density at radius 3 is 2.77 bits per heavy atom. The number of aromatic nitrogens is 1. The summed E-state index contributed by atoms with van der Waals surface area (Å²) in [5.41, 5.74) is 0.454. The average molecular weight is 375 g/mol. The second-order valence-corrected chi connectivity index (χ2v) is 5.68. The minimum atomic E-state index is -1.08. The number of furan rings is 1. The number of aromatic carboxylic acids is 1. The Kier molecular flexibility index (Phi) is 4.59. The van der Waals surface area contributed by atoms with Crippen molar-refractivity contribution in [3.05, 3.63) is 68.2 Å². The van der Waals surface area contributed by atoms with Crippen LogP contribution in [0.5, 0.6) is 0 Å². The number of benzene rings is 1. The summed E-state index contributed by atoms with van der Waals surface area (Å²) < 4.78 is 10.5. The Morgan fingerprint density at radius 1 is 1.31 bits per heavy atom. The maximum atomic E-state index is 11.1. The molecule has 0 fully saturated rings. The molecule has 0 saturated heterocycles. The van der Waals surface area contributed by atoms with Crippen molar-refractivity contribution in [3.63, 3.8) is 0 Å². The molecular formula is C17H11ClN2O6. The molecule has 8 nitrogen and oxygen atoms in total. The summed E-state index contributed by atoms with van der Waals surface area (Å²) in [6.45, 7) is 1.47. The number of hydrogen-bond acceptors (Lipinski definition) is 6. The summed E-state index contributed by atoms with van der Waals surface area (Å²) in [7, 11) is 0. The molecule has 0 unspecified atom stereocenters. The fourth-order valence-corrected chi connectivity index (χ4v) is 2.52. The van der Waals surface area contributed by atoms with Crippen molar-refractivity contribution in [2.45, 2.75) is 6.92 Å². The molecule has 1 N–H and O–H groups in total. The molecule has 0 saturated carbocycles. The summed E-state index contributed by atoms with van der Waals surface area (Å²) >= 11 is 6.11. The highest BCUT2D eigenvalue weighted by Gasteiger charge is 2.22. The average Bonchev–Trinajstić information content (AvgIpc) is 3.19. The molecule has 1 aromatic carbocycles. The number of carboxylic acid groups (broad SMARTS) is 1. The topological polar surface area (TPSA) is 120 Å². The fraction of sp³-hybridized carbons (Fsp3) is 0.0588. The Labute approximate surface area is 151 Å². The highest BCUT2D eigenvalue weighted by atomic mass is 35.5. The maximum Gasteiger partial charge on any atom is 0.338 e. The SMILES string of the molecule is Cc1noc(C=Cc2ccc(-c3cc(C(=O)O)ccc3Cl)o2)c1[N+](=O)[O-]. The number of nitrogens with zero attached hydrogens (tertiary/aromatic N) is 2. The molecule has 0 radical (unpaired) electrons. The highest BCUT2D eigenvalue weighted by molar-refractivity contribution is 6.33. The second kappa shape index (κ2) is 6.85. The molecule has 0 aliphatic rings. The van der Waals surface area contributed by atoms with Gasteiger partial charge < -0.3 is 14.0 Å². The maximum absolute atomic E-state index is 11.1. The van der Waals surface area contributed by atoms with Crippen LogP contribution in [0.15, 0.2) is 39.3 Å². The molecule has 3 rings (SSSR count). The lowest BCUT2D eigenvalue weighted by Gasteiger charge is -2.02. The van der Waals surface area contributed by atoms with Gasteiger partial charge in [0.25, 0.3) is 0 Å². The Bertz CT molecular complexity index is 1030. The predicted octanol–water partition coefficient (Wildman–Crippen LogP) is 4.67. The molecule has 3 aromatic rings. The van der Waals surface area contributed by atoms with Gasteiger partial charge in [0.1, 0.15) is 11.5 Å². The predicted molar refractivity (Wildman–Crippen MR) is 92.9 cm³/mol. The first-order valence-electron chi connectivity index (χ1n) is 7.28. The number of halogens is 1. The van der Waals surface area contributed by atoms with Gasteiger partial charge in [0.2, 0.25) is 5.76 Å². The van der Waals surface area contributed by atoms with Crippen molar-refractivity contribution in [3.8, 4) is 11.3 Å². The van der Waals surface area contributed by atoms with Gasteiger partial charge in [0, 0.05) is 5.56 Å². The molecule has 0 aliphatic carbocycles. The first kappa shape index (κ1) is 17.4. The van der Waals surface area contributed by atoms with Crippen molar-refractivity contribution in [1.29, 1.82) is 0 Å². The lowest BCUT2D eigenvalue weighted by molar-refractivity contribution is -0.386. The van der Waals surface area contributed by atoms with Crippen LogP contribution in [0, 0.1) is 17.0 Å². The third-order valence-electron chi connectivity index (χ3n) is 3.54. The van der Waals surface area contributed by atoms with Crippen LogP contribution in [0.25, 0.3) is 23.5 Å². The molecule has 2 heterocycles. The summed E-state index contributed by atoms with van der Waals surface area (Å²) in [5.74, 6) is -0.347. The van der Waals surface area contributed by atoms with Crippen molar-refractivity contribution in [2.24, 2.45) is 0 Å². The molecule has 0 bridgehead atoms. The largest absolute Gasteiger partial charge is 0.478 e. The van der Waals surface area contributed by atoms with Crippen molar-refractivity contribution in [1.82, 2.24) is 5.16 Å². The monoisotopic (exact) mass is 374 g/mol. The zero-order valence-electron chi connectivity index (χ0n) is 13.3. The molecule has 132 valence electrons. The van der Waals surface area contributed by atoms with Gasteiger partial charge in [-0.3, -0.25) is 10.1 Å². The van der Waals surface area contributed by atoms with Gasteiger partial charge >= 0.3 is 11.7 Å². The zero-order chi connectivity index (χ0) is 18.8. The third-order valence-corrected chi connectivity index (χ3v) is 3.87. The van der Waals surface area contributed by atoms with Crippen molar-refractivity contribution >= 4 is 35.4 Å². The third kappa shape index (κ3) is 3.35. The summed E-state index contributed by atoms with van der Waals surface area (Å²) in [4.78, 5) is 21.5. The van der Waals surface area contributed by atoms with E-state index in [1.807, 2.05) is 0 Å². The summed E-state index contributed by atoms with van der Waals surface area (Å²) in [5, 5.41) is 24.0. The van der Waals surface area contributed by atoms with Crippen LogP contribution in [0.3, 0.4) is 0 Å². The molecular weight excluding hydrogens is 364 g/mol. The van der Waals surface area contributed by atoms with Gasteiger partial charge in [-0.05, 0) is 49.4 Å². The van der Waals surface area contributed by atoms with Crippen LogP contribution >= 0.6 is 11.6 Å². The summed E-state index contributed by atoms with van der Waals surface area (Å²) in [6.07, 6.45) is 2.85. The zero-order valence-corrected chi connectivity index (χ0v) is 14.1. The second-order valence-electron chi connectivity index (χ2n) is 5.27. The molecule has 0 amide bonds. The van der Waals surface area contributed by atoms with E-state index in [1.54, 1.807) is 12.1 Å². The van der Waals surface area contributed by atoms with Gasteiger partial charge in [0.05, 0.1) is 15.5 Å². The van der Waals surface area contributed by atoms with E-state index in [2.05, 4.69) is 5.16 Å². The number of nitro groups is 1. The quantitative estimate of drug-likeness (QED) is 0.508. The van der Waals surface area contributed by atoms with Crippen LogP contribution in [0.1, 0.15) is 27.6 Å². The van der Waals surface area contributed by atoms with Gasteiger partial charge in [-0.25, -0.2) is 4.79 Å². The molecule has 9 heteroatoms. The molecule has 0 atom stereocenters. The standard InChI is InChI=1S/C17H11ClN2O6/c1-9-16(20(23)24)15(26-19-9)7-4-11-3-6-14(25-11)12-8-10(17(21)22)2-5-13(12)18/h2-8H,1H3,(H,21,22). The minimum absolute atomic E-state index is 0.00337. The van der Waals surface area contributed by atoms with Crippen LogP contribution < -0.4 is 0 Å². The van der Waals surface area contributed by atoms with E-state index in [0.717, 1.165) is 0 Å². The Balaban J connectivity index is 1.91. The normalized spacial score (nSPS) is 11.2. The number of carbonyl (C=O) groups is 1. The van der Waals surface area contributed by atoms with E-state index in [1.165, 1.54) is 37.3 Å². The fourth-order valence-electron chi connectivity index (χ4n) is 2.31. The number of aryl methyl sites for hydroxylation is 1. The first-order valence-corrected chi connectivity index (χ1v) is 7.66. The van der Waals surface area contributed by atoms with E-state index in [-0.39, 0.29) is 22.7 Å². The van der Waals surface area contributed by atoms with Crippen LogP contribution in [0.4, 0.5) is 5.69 Å². The number of rotatable bonds is 5. The first-order chi connectivity index (χ1) is 12.4. The molecule has 26 heavy (non-hydrogen) atoms. The lowest BCUT2D eigenvalue weighted by Crippen LogP contribution is -1.96. The van der Waals surface area contributed by atoms with Gasteiger partial charge in [-0.2, -0.15) is 0 Å². The van der Waals surface area contributed by atoms with Crippen molar-refractivity contribution in [2.75, 3.05) is 0 Å². The van der Waals surface area contributed by atoms with Gasteiger partial charge in [-0.15, -0.1) is 0 Å². The van der Waals surface area contributed by atoms with Crippen molar-refractivity contribution < 1.29 is 23.8 Å². The Hall–Kier alpha value is -3.39. The van der Waals surface area contributed by atoms with Gasteiger partial charge in [-0.1, -0.05) is 16.8 Å². The van der Waals surface area contributed by atoms with E-state index < -0.39 is 10.9 Å². The van der Waals surface area contributed by atoms with Crippen LogP contribution in [-0.2, 0) is 0 Å². The minimum Gasteiger partial charge on any atom is -0.478 e. The van der Waals surface area contributed by atoms with Gasteiger partial charge in [0.15, 0.2) is 5.69 Å². The summed E-state index contributed by atoms with van der Waals surface area (Å²) in [6, 6.07) is 7.50. The molecule has 2 aromatic heterocycles. The molecule has 0 spiro atoms. The Morgan fingerprint density at radius 2 is 2.08 bits per heavy atom. The van der Waals surface area contributed by atoms with Crippen LogP contribution in [-0.4, -0.2) is 21.2 Å². The highest BCUT2D eigenvalue weighted by Crippen LogP contribution is 2.31. The van der Waals surface area contributed by atoms with Crippen LogP contribution in [0.2, 0.25) is 5.02 Å². The van der Waals surface area contributed by atoms with E-state index >= 15 is 0 Å². The number of carboxylic acids is 1. The molecule has 0 aliphatic heterocycles. The van der Waals surface area contributed by atoms with E-state index in [0.29, 0.717) is 22.1 Å². The number of hydrogen-bond donors (Lipinski definition) is 1.